The van der Waals surface area contributed by atoms with Crippen molar-refractivity contribution in [1.29, 1.82) is 5.26 Å². The molecule has 0 aromatic heterocycles. The van der Waals surface area contributed by atoms with Gasteiger partial charge in [-0.2, -0.15) is 5.26 Å². The zero-order valence-electron chi connectivity index (χ0n) is 23.2. The molecule has 0 saturated heterocycles. The van der Waals surface area contributed by atoms with Crippen LogP contribution in [0.5, 0.6) is 28.7 Å². The first kappa shape index (κ1) is 28.8. The number of carbonyl (C=O) groups excluding carboxylic acids is 1. The molecule has 4 aromatic carbocycles. The maximum atomic E-state index is 13.2. The average Bonchev–Trinajstić information content (AvgIpc) is 3.03. The predicted octanol–water partition coefficient (Wildman–Crippen LogP) is 6.42. The molecule has 1 heterocycles. The Labute approximate surface area is 247 Å². The first-order valence-electron chi connectivity index (χ1n) is 13.2. The van der Waals surface area contributed by atoms with Crippen molar-refractivity contribution in [2.24, 2.45) is 5.73 Å². The Kier molecular flexibility index (Phi) is 8.58. The van der Waals surface area contributed by atoms with Gasteiger partial charge in [0, 0.05) is 11.6 Å². The Bertz CT molecular complexity index is 1730. The fraction of sp³-hybridized carbons (Fsp3) is 0.118. The number of hydrogen-bond acceptors (Lipinski definition) is 8. The Balaban J connectivity index is 1.38. The van der Waals surface area contributed by atoms with Crippen LogP contribution in [0.1, 0.15) is 33.0 Å². The lowest BCUT2D eigenvalue weighted by Gasteiger charge is -2.27. The van der Waals surface area contributed by atoms with Gasteiger partial charge in [-0.25, -0.2) is 9.18 Å². The summed E-state index contributed by atoms with van der Waals surface area (Å²) in [6, 6.07) is 24.9. The van der Waals surface area contributed by atoms with E-state index in [1.54, 1.807) is 72.8 Å². The molecule has 0 amide bonds. The standard InChI is InChI=1S/C34H27FN2O6/c1-3-16-40-25-11-6-22(7-12-25)34(38)42-26-13-14-27-30(18-26)43-33(37)28(19-36)32(27)23-8-15-29(31(17-23)39-2)41-20-21-4-9-24(35)10-5-21/h3-15,17-18,32H,1,16,20,37H2,2H3. The number of methoxy groups -OCH3 is 1. The first-order valence-corrected chi connectivity index (χ1v) is 13.2. The van der Waals surface area contributed by atoms with E-state index in [-0.39, 0.29) is 29.6 Å². The van der Waals surface area contributed by atoms with E-state index < -0.39 is 11.9 Å². The molecule has 1 aliphatic rings. The minimum absolute atomic E-state index is 0.0609. The van der Waals surface area contributed by atoms with Gasteiger partial charge < -0.3 is 29.4 Å². The lowest BCUT2D eigenvalue weighted by atomic mass is 9.83. The molecular formula is C34H27FN2O6. The number of hydrogen-bond donors (Lipinski definition) is 1. The van der Waals surface area contributed by atoms with Crippen molar-refractivity contribution in [3.8, 4) is 34.8 Å². The number of esters is 1. The van der Waals surface area contributed by atoms with E-state index in [1.165, 1.54) is 19.2 Å². The predicted molar refractivity (Wildman–Crippen MR) is 157 cm³/mol. The third kappa shape index (κ3) is 6.44. The molecule has 0 bridgehead atoms. The van der Waals surface area contributed by atoms with Crippen LogP contribution in [0.25, 0.3) is 0 Å². The lowest BCUT2D eigenvalue weighted by Crippen LogP contribution is -2.21. The van der Waals surface area contributed by atoms with Gasteiger partial charge in [-0.15, -0.1) is 0 Å². The summed E-state index contributed by atoms with van der Waals surface area (Å²) >= 11 is 0. The molecule has 0 aliphatic carbocycles. The van der Waals surface area contributed by atoms with E-state index >= 15 is 0 Å². The van der Waals surface area contributed by atoms with E-state index in [9.17, 15) is 14.4 Å². The molecule has 0 fully saturated rings. The quantitative estimate of drug-likeness (QED) is 0.130. The third-order valence-electron chi connectivity index (χ3n) is 6.69. The second kappa shape index (κ2) is 12.8. The summed E-state index contributed by atoms with van der Waals surface area (Å²) in [6.45, 7) is 4.17. The highest BCUT2D eigenvalue weighted by molar-refractivity contribution is 5.91. The minimum Gasteiger partial charge on any atom is -0.493 e. The molecule has 0 radical (unpaired) electrons. The van der Waals surface area contributed by atoms with Gasteiger partial charge in [0.15, 0.2) is 11.5 Å². The van der Waals surface area contributed by atoms with Crippen LogP contribution in [-0.2, 0) is 6.61 Å². The summed E-state index contributed by atoms with van der Waals surface area (Å²) in [5.74, 6) is 0.565. The van der Waals surface area contributed by atoms with Gasteiger partial charge in [-0.3, -0.25) is 0 Å². The summed E-state index contributed by atoms with van der Waals surface area (Å²) in [5, 5.41) is 9.96. The highest BCUT2D eigenvalue weighted by Crippen LogP contribution is 2.45. The normalized spacial score (nSPS) is 13.7. The molecule has 0 spiro atoms. The SMILES string of the molecule is C=CCOc1ccc(C(=O)Oc2ccc3c(c2)OC(N)=C(C#N)C3c2ccc(OCc3ccc(F)cc3)c(OC)c2)cc1. The highest BCUT2D eigenvalue weighted by atomic mass is 19.1. The van der Waals surface area contributed by atoms with Crippen LogP contribution in [0.4, 0.5) is 4.39 Å². The summed E-state index contributed by atoms with van der Waals surface area (Å²) in [5.41, 5.74) is 8.88. The summed E-state index contributed by atoms with van der Waals surface area (Å²) in [4.78, 5) is 12.8. The number of benzene rings is 4. The van der Waals surface area contributed by atoms with Gasteiger partial charge in [0.25, 0.3) is 0 Å². The van der Waals surface area contributed by atoms with E-state index in [0.29, 0.717) is 46.3 Å². The molecule has 1 atom stereocenters. The average molecular weight is 579 g/mol. The van der Waals surface area contributed by atoms with Gasteiger partial charge in [-0.05, 0) is 65.7 Å². The van der Waals surface area contributed by atoms with Crippen LogP contribution in [0.3, 0.4) is 0 Å². The molecule has 5 rings (SSSR count). The monoisotopic (exact) mass is 578 g/mol. The molecule has 1 aliphatic heterocycles. The number of carbonyl (C=O) groups is 1. The van der Waals surface area contributed by atoms with Crippen LogP contribution >= 0.6 is 0 Å². The number of nitriles is 1. The number of allylic oxidation sites excluding steroid dienone is 1. The number of ether oxygens (including phenoxy) is 5. The maximum Gasteiger partial charge on any atom is 0.343 e. The van der Waals surface area contributed by atoms with E-state index in [2.05, 4.69) is 12.6 Å². The number of rotatable bonds is 10. The second-order valence-corrected chi connectivity index (χ2v) is 9.46. The highest BCUT2D eigenvalue weighted by Gasteiger charge is 2.32. The topological polar surface area (TPSA) is 113 Å². The van der Waals surface area contributed by atoms with Gasteiger partial charge in [0.1, 0.15) is 47.9 Å². The van der Waals surface area contributed by atoms with Gasteiger partial charge in [0.05, 0.1) is 18.6 Å². The van der Waals surface area contributed by atoms with Crippen LogP contribution in [0.15, 0.2) is 109 Å². The van der Waals surface area contributed by atoms with Crippen LogP contribution in [0.2, 0.25) is 0 Å². The van der Waals surface area contributed by atoms with Crippen molar-refractivity contribution in [2.45, 2.75) is 12.5 Å². The molecule has 9 heteroatoms. The molecule has 1 unspecified atom stereocenters. The smallest absolute Gasteiger partial charge is 0.343 e. The number of nitrogens with two attached hydrogens (primary N) is 1. The Morgan fingerprint density at radius 1 is 1.00 bits per heavy atom. The Morgan fingerprint density at radius 3 is 2.44 bits per heavy atom. The maximum absolute atomic E-state index is 13.2. The molecule has 8 nitrogen and oxygen atoms in total. The molecule has 216 valence electrons. The molecular weight excluding hydrogens is 551 g/mol. The Hall–Kier alpha value is -5.75. The van der Waals surface area contributed by atoms with Crippen molar-refractivity contribution in [2.75, 3.05) is 13.7 Å². The minimum atomic E-state index is -0.582. The summed E-state index contributed by atoms with van der Waals surface area (Å²) in [6.07, 6.45) is 1.63. The number of halogens is 1. The second-order valence-electron chi connectivity index (χ2n) is 9.46. The largest absolute Gasteiger partial charge is 0.493 e. The fourth-order valence-electron chi connectivity index (χ4n) is 4.58. The van der Waals surface area contributed by atoms with Crippen LogP contribution < -0.4 is 29.4 Å². The van der Waals surface area contributed by atoms with Crippen molar-refractivity contribution in [1.82, 2.24) is 0 Å². The fourth-order valence-corrected chi connectivity index (χ4v) is 4.58. The third-order valence-corrected chi connectivity index (χ3v) is 6.69. The zero-order chi connectivity index (χ0) is 30.3. The Morgan fingerprint density at radius 2 is 1.74 bits per heavy atom. The van der Waals surface area contributed by atoms with Crippen LogP contribution in [-0.4, -0.2) is 19.7 Å². The van der Waals surface area contributed by atoms with E-state index in [0.717, 1.165) is 5.56 Å². The van der Waals surface area contributed by atoms with Crippen molar-refractivity contribution >= 4 is 5.97 Å². The molecule has 0 saturated carbocycles. The van der Waals surface area contributed by atoms with Crippen LogP contribution in [0, 0.1) is 17.1 Å². The van der Waals surface area contributed by atoms with Gasteiger partial charge in [-0.1, -0.05) is 36.9 Å². The number of nitrogens with zero attached hydrogens (tertiary/aromatic N) is 1. The lowest BCUT2D eigenvalue weighted by molar-refractivity contribution is 0.0734. The van der Waals surface area contributed by atoms with Gasteiger partial charge in [0.2, 0.25) is 5.88 Å². The summed E-state index contributed by atoms with van der Waals surface area (Å²) < 4.78 is 41.6. The number of fused-ring (bicyclic) bond motifs is 1. The van der Waals surface area contributed by atoms with Crippen molar-refractivity contribution < 1.29 is 32.9 Å². The zero-order valence-corrected chi connectivity index (χ0v) is 23.2. The molecule has 43 heavy (non-hydrogen) atoms. The first-order chi connectivity index (χ1) is 20.9. The molecule has 4 aromatic rings. The summed E-state index contributed by atoms with van der Waals surface area (Å²) in [7, 11) is 1.51. The molecule has 2 N–H and O–H groups in total. The van der Waals surface area contributed by atoms with Gasteiger partial charge >= 0.3 is 5.97 Å². The van der Waals surface area contributed by atoms with Crippen molar-refractivity contribution in [3.05, 3.63) is 137 Å². The van der Waals surface area contributed by atoms with Crippen molar-refractivity contribution in [3.63, 3.8) is 0 Å². The van der Waals surface area contributed by atoms with E-state index in [4.69, 9.17) is 29.4 Å². The van der Waals surface area contributed by atoms with E-state index in [1.807, 2.05) is 6.07 Å².